The van der Waals surface area contributed by atoms with Crippen molar-refractivity contribution in [3.05, 3.63) is 48.9 Å². The molecule has 0 radical (unpaired) electrons. The molecule has 3 aromatic heterocycles. The van der Waals surface area contributed by atoms with Gasteiger partial charge in [0.25, 0.3) is 0 Å². The van der Waals surface area contributed by atoms with Gasteiger partial charge in [0.1, 0.15) is 12.0 Å². The summed E-state index contributed by atoms with van der Waals surface area (Å²) in [7, 11) is 1.89. The van der Waals surface area contributed by atoms with Crippen LogP contribution in [0.4, 0.5) is 0 Å². The SMILES string of the molecule is Cn1cnnc1-c1cccc(-c2ccccn2)n1. The maximum atomic E-state index is 4.56. The summed E-state index contributed by atoms with van der Waals surface area (Å²) in [4.78, 5) is 8.85. The van der Waals surface area contributed by atoms with E-state index >= 15 is 0 Å². The normalized spacial score (nSPS) is 10.5. The first kappa shape index (κ1) is 10.6. The van der Waals surface area contributed by atoms with Crippen molar-refractivity contribution < 1.29 is 0 Å². The molecule has 5 heteroatoms. The van der Waals surface area contributed by atoms with Gasteiger partial charge in [-0.25, -0.2) is 4.98 Å². The minimum absolute atomic E-state index is 0.743. The van der Waals surface area contributed by atoms with Crippen LogP contribution in [0.15, 0.2) is 48.9 Å². The van der Waals surface area contributed by atoms with Gasteiger partial charge in [-0.2, -0.15) is 0 Å². The predicted octanol–water partition coefficient (Wildman–Crippen LogP) is 1.94. The van der Waals surface area contributed by atoms with Crippen molar-refractivity contribution in [1.82, 2.24) is 24.7 Å². The second kappa shape index (κ2) is 4.37. The van der Waals surface area contributed by atoms with Gasteiger partial charge in [0.05, 0.1) is 11.4 Å². The van der Waals surface area contributed by atoms with Crippen molar-refractivity contribution in [3.8, 4) is 22.9 Å². The smallest absolute Gasteiger partial charge is 0.182 e. The largest absolute Gasteiger partial charge is 0.315 e. The molecule has 0 N–H and O–H groups in total. The average Bonchev–Trinajstić information content (AvgIpc) is 2.86. The lowest BCUT2D eigenvalue weighted by Gasteiger charge is -2.03. The fourth-order valence-electron chi connectivity index (χ4n) is 1.73. The van der Waals surface area contributed by atoms with Crippen LogP contribution in [0.1, 0.15) is 0 Å². The molecule has 0 bridgehead atoms. The second-order valence-electron chi connectivity index (χ2n) is 3.89. The van der Waals surface area contributed by atoms with Gasteiger partial charge in [0, 0.05) is 13.2 Å². The zero-order chi connectivity index (χ0) is 12.4. The molecule has 0 aromatic carbocycles. The van der Waals surface area contributed by atoms with E-state index in [0.29, 0.717) is 0 Å². The summed E-state index contributed by atoms with van der Waals surface area (Å²) in [5.41, 5.74) is 2.47. The van der Waals surface area contributed by atoms with E-state index in [1.54, 1.807) is 12.5 Å². The maximum Gasteiger partial charge on any atom is 0.182 e. The van der Waals surface area contributed by atoms with Crippen molar-refractivity contribution in [2.75, 3.05) is 0 Å². The number of rotatable bonds is 2. The molecule has 0 aliphatic heterocycles. The Morgan fingerprint density at radius 3 is 2.50 bits per heavy atom. The number of hydrogen-bond donors (Lipinski definition) is 0. The number of aromatic nitrogens is 5. The molecule has 0 aliphatic carbocycles. The number of hydrogen-bond acceptors (Lipinski definition) is 4. The Morgan fingerprint density at radius 1 is 0.944 bits per heavy atom. The molecule has 0 atom stereocenters. The highest BCUT2D eigenvalue weighted by Gasteiger charge is 2.07. The molecular formula is C13H11N5. The highest BCUT2D eigenvalue weighted by atomic mass is 15.3. The molecule has 0 spiro atoms. The molecule has 5 nitrogen and oxygen atoms in total. The topological polar surface area (TPSA) is 56.5 Å². The van der Waals surface area contributed by atoms with Crippen LogP contribution < -0.4 is 0 Å². The summed E-state index contributed by atoms with van der Waals surface area (Å²) in [6.07, 6.45) is 3.41. The predicted molar refractivity (Wildman–Crippen MR) is 67.5 cm³/mol. The van der Waals surface area contributed by atoms with Crippen LogP contribution in [-0.4, -0.2) is 24.7 Å². The number of pyridine rings is 2. The fourth-order valence-corrected chi connectivity index (χ4v) is 1.73. The molecule has 3 aromatic rings. The molecule has 0 aliphatic rings. The molecule has 0 amide bonds. The number of nitrogens with zero attached hydrogens (tertiary/aromatic N) is 5. The van der Waals surface area contributed by atoms with Gasteiger partial charge in [-0.15, -0.1) is 10.2 Å². The highest BCUT2D eigenvalue weighted by molar-refractivity contribution is 5.59. The lowest BCUT2D eigenvalue weighted by Crippen LogP contribution is -1.95. The minimum Gasteiger partial charge on any atom is -0.315 e. The van der Waals surface area contributed by atoms with E-state index < -0.39 is 0 Å². The molecule has 0 saturated heterocycles. The summed E-state index contributed by atoms with van der Waals surface area (Å²) in [6, 6.07) is 11.6. The van der Waals surface area contributed by atoms with E-state index in [0.717, 1.165) is 22.9 Å². The minimum atomic E-state index is 0.743. The second-order valence-corrected chi connectivity index (χ2v) is 3.89. The zero-order valence-electron chi connectivity index (χ0n) is 9.85. The van der Waals surface area contributed by atoms with Crippen LogP contribution in [0, 0.1) is 0 Å². The lowest BCUT2D eigenvalue weighted by molar-refractivity contribution is 0.914. The molecule has 0 fully saturated rings. The van der Waals surface area contributed by atoms with E-state index in [9.17, 15) is 0 Å². The van der Waals surface area contributed by atoms with Crippen LogP contribution in [0.2, 0.25) is 0 Å². The van der Waals surface area contributed by atoms with Gasteiger partial charge >= 0.3 is 0 Å². The van der Waals surface area contributed by atoms with Crippen molar-refractivity contribution in [3.63, 3.8) is 0 Å². The van der Waals surface area contributed by atoms with Crippen LogP contribution in [0.25, 0.3) is 22.9 Å². The molecule has 0 unspecified atom stereocenters. The third-order valence-corrected chi connectivity index (χ3v) is 2.62. The summed E-state index contributed by atoms with van der Waals surface area (Å²) in [5.74, 6) is 0.743. The highest BCUT2D eigenvalue weighted by Crippen LogP contribution is 2.18. The Bertz CT molecular complexity index is 660. The summed E-state index contributed by atoms with van der Waals surface area (Å²) < 4.78 is 1.84. The van der Waals surface area contributed by atoms with E-state index in [1.807, 2.05) is 48.0 Å². The van der Waals surface area contributed by atoms with Crippen LogP contribution in [-0.2, 0) is 7.05 Å². The first-order chi connectivity index (χ1) is 8.84. The maximum absolute atomic E-state index is 4.56. The number of aryl methyl sites for hydroxylation is 1. The molecule has 18 heavy (non-hydrogen) atoms. The zero-order valence-corrected chi connectivity index (χ0v) is 9.85. The van der Waals surface area contributed by atoms with E-state index in [-0.39, 0.29) is 0 Å². The Morgan fingerprint density at radius 2 is 1.78 bits per heavy atom. The molecule has 88 valence electrons. The Hall–Kier alpha value is -2.56. The first-order valence-electron chi connectivity index (χ1n) is 5.57. The quantitative estimate of drug-likeness (QED) is 0.683. The Kier molecular flexibility index (Phi) is 2.57. The van der Waals surface area contributed by atoms with Crippen molar-refractivity contribution in [2.45, 2.75) is 0 Å². The third kappa shape index (κ3) is 1.86. The summed E-state index contributed by atoms with van der Waals surface area (Å²) in [5, 5.41) is 7.91. The van der Waals surface area contributed by atoms with Gasteiger partial charge in [0.2, 0.25) is 0 Å². The van der Waals surface area contributed by atoms with E-state index in [2.05, 4.69) is 20.2 Å². The third-order valence-electron chi connectivity index (χ3n) is 2.62. The van der Waals surface area contributed by atoms with Gasteiger partial charge in [-0.05, 0) is 24.3 Å². The fraction of sp³-hybridized carbons (Fsp3) is 0.0769. The van der Waals surface area contributed by atoms with Crippen LogP contribution >= 0.6 is 0 Å². The molecule has 0 saturated carbocycles. The Balaban J connectivity index is 2.08. The molecule has 3 rings (SSSR count). The van der Waals surface area contributed by atoms with Crippen molar-refractivity contribution in [2.24, 2.45) is 7.05 Å². The van der Waals surface area contributed by atoms with E-state index in [4.69, 9.17) is 0 Å². The van der Waals surface area contributed by atoms with Crippen molar-refractivity contribution in [1.29, 1.82) is 0 Å². The van der Waals surface area contributed by atoms with Gasteiger partial charge in [0.15, 0.2) is 5.82 Å². The molecule has 3 heterocycles. The average molecular weight is 237 g/mol. The first-order valence-corrected chi connectivity index (χ1v) is 5.57. The van der Waals surface area contributed by atoms with Crippen LogP contribution in [0.5, 0.6) is 0 Å². The van der Waals surface area contributed by atoms with Crippen LogP contribution in [0.3, 0.4) is 0 Å². The summed E-state index contributed by atoms with van der Waals surface area (Å²) in [6.45, 7) is 0. The lowest BCUT2D eigenvalue weighted by atomic mass is 10.2. The monoisotopic (exact) mass is 237 g/mol. The van der Waals surface area contributed by atoms with E-state index in [1.165, 1.54) is 0 Å². The van der Waals surface area contributed by atoms with Gasteiger partial charge < -0.3 is 4.57 Å². The standard InChI is InChI=1S/C13H11N5/c1-18-9-15-17-13(18)12-7-4-6-11(16-12)10-5-2-3-8-14-10/h2-9H,1H3. The van der Waals surface area contributed by atoms with Gasteiger partial charge in [-0.1, -0.05) is 12.1 Å². The molecular weight excluding hydrogens is 226 g/mol. The Labute approximate surface area is 104 Å². The summed E-state index contributed by atoms with van der Waals surface area (Å²) >= 11 is 0. The van der Waals surface area contributed by atoms with Gasteiger partial charge in [-0.3, -0.25) is 4.98 Å². The van der Waals surface area contributed by atoms with Crippen molar-refractivity contribution >= 4 is 0 Å².